The lowest BCUT2D eigenvalue weighted by Gasteiger charge is -2.42. The van der Waals surface area contributed by atoms with Crippen LogP contribution in [0.4, 0.5) is 11.4 Å². The first-order chi connectivity index (χ1) is 16.0. The van der Waals surface area contributed by atoms with Crippen LogP contribution < -0.4 is 10.7 Å². The van der Waals surface area contributed by atoms with Crippen LogP contribution in [0.15, 0.2) is 70.1 Å². The van der Waals surface area contributed by atoms with Crippen LogP contribution >= 0.6 is 0 Å². The molecule has 8 nitrogen and oxygen atoms in total. The van der Waals surface area contributed by atoms with E-state index in [0.29, 0.717) is 23.9 Å². The summed E-state index contributed by atoms with van der Waals surface area (Å²) in [5, 5.41) is 16.7. The predicted octanol–water partition coefficient (Wildman–Crippen LogP) is 3.79. The number of hydrogen-bond acceptors (Lipinski definition) is 6. The van der Waals surface area contributed by atoms with Gasteiger partial charge in [0.15, 0.2) is 0 Å². The normalized spacial score (nSPS) is 15.6. The molecule has 2 N–H and O–H groups in total. The van der Waals surface area contributed by atoms with Gasteiger partial charge in [0.05, 0.1) is 23.0 Å². The van der Waals surface area contributed by atoms with Crippen LogP contribution in [0.2, 0.25) is 0 Å². The molecule has 0 amide bonds. The zero-order valence-corrected chi connectivity index (χ0v) is 18.8. The molecule has 5 rings (SSSR count). The highest BCUT2D eigenvalue weighted by Gasteiger charge is 2.28. The zero-order chi connectivity index (χ0) is 22.9. The lowest BCUT2D eigenvalue weighted by molar-refractivity contribution is 0.283. The number of hydrogen-bond donors (Lipinski definition) is 1. The van der Waals surface area contributed by atoms with Gasteiger partial charge in [-0.2, -0.15) is 5.26 Å². The zero-order valence-electron chi connectivity index (χ0n) is 18.8. The fourth-order valence-corrected chi connectivity index (χ4v) is 4.62. The molecule has 0 aliphatic carbocycles. The molecule has 0 radical (unpaired) electrons. The van der Waals surface area contributed by atoms with Crippen molar-refractivity contribution in [3.05, 3.63) is 71.5 Å². The van der Waals surface area contributed by atoms with Crippen LogP contribution in [0.3, 0.4) is 0 Å². The van der Waals surface area contributed by atoms with Crippen molar-refractivity contribution in [2.75, 3.05) is 38.6 Å². The summed E-state index contributed by atoms with van der Waals surface area (Å²) in [7, 11) is 4.25. The number of amidine groups is 1. The van der Waals surface area contributed by atoms with Gasteiger partial charge < -0.3 is 20.2 Å². The molecular formula is C25H26N8. The molecule has 0 atom stereocenters. The van der Waals surface area contributed by atoms with E-state index < -0.39 is 0 Å². The summed E-state index contributed by atoms with van der Waals surface area (Å²) >= 11 is 0. The van der Waals surface area contributed by atoms with E-state index in [2.05, 4.69) is 69.3 Å². The van der Waals surface area contributed by atoms with Crippen molar-refractivity contribution in [3.8, 4) is 17.2 Å². The maximum absolute atomic E-state index is 9.08. The van der Waals surface area contributed by atoms with Gasteiger partial charge in [-0.05, 0) is 61.6 Å². The summed E-state index contributed by atoms with van der Waals surface area (Å²) in [5.74, 6) is 6.59. The molecule has 2 aromatic carbocycles. The van der Waals surface area contributed by atoms with Crippen LogP contribution in [0.5, 0.6) is 0 Å². The van der Waals surface area contributed by atoms with Gasteiger partial charge in [-0.3, -0.25) is 0 Å². The summed E-state index contributed by atoms with van der Waals surface area (Å²) in [6, 6.07) is 18.2. The van der Waals surface area contributed by atoms with Crippen molar-refractivity contribution in [1.82, 2.24) is 9.47 Å². The minimum atomic E-state index is 0.485. The van der Waals surface area contributed by atoms with Crippen molar-refractivity contribution in [2.45, 2.75) is 6.54 Å². The minimum Gasteiger partial charge on any atom is -0.371 e. The first-order valence-corrected chi connectivity index (χ1v) is 11.0. The van der Waals surface area contributed by atoms with Crippen molar-refractivity contribution in [2.24, 2.45) is 27.1 Å². The van der Waals surface area contributed by atoms with Gasteiger partial charge in [-0.15, -0.1) is 5.11 Å². The van der Waals surface area contributed by atoms with E-state index >= 15 is 0 Å². The maximum atomic E-state index is 9.08. The first-order valence-electron chi connectivity index (χ1n) is 11.0. The van der Waals surface area contributed by atoms with E-state index in [0.717, 1.165) is 47.7 Å². The third kappa shape index (κ3) is 4.11. The maximum Gasteiger partial charge on any atom is 0.200 e. The van der Waals surface area contributed by atoms with Crippen LogP contribution in [0, 0.1) is 17.2 Å². The first kappa shape index (κ1) is 20.9. The van der Waals surface area contributed by atoms with Gasteiger partial charge in [0.2, 0.25) is 5.84 Å². The number of benzene rings is 2. The lowest BCUT2D eigenvalue weighted by Crippen LogP contribution is -2.50. The number of nitriles is 1. The Balaban J connectivity index is 1.47. The fourth-order valence-electron chi connectivity index (χ4n) is 4.62. The topological polar surface area (TPSA) is 98.3 Å². The number of rotatable bonds is 4. The fraction of sp³-hybridized carbons (Fsp3) is 0.280. The van der Waals surface area contributed by atoms with Crippen LogP contribution in [0.25, 0.3) is 11.1 Å². The van der Waals surface area contributed by atoms with E-state index in [1.54, 1.807) is 0 Å². The Bertz CT molecular complexity index is 1270. The summed E-state index contributed by atoms with van der Waals surface area (Å²) in [5.41, 5.74) is 6.80. The molecule has 3 aromatic rings. The number of aliphatic imine (C=N–C) groups is 1. The summed E-state index contributed by atoms with van der Waals surface area (Å²) in [4.78, 5) is 9.46. The average molecular weight is 439 g/mol. The molecule has 1 saturated heterocycles. The molecule has 8 heteroatoms. The lowest BCUT2D eigenvalue weighted by atomic mass is 9.98. The summed E-state index contributed by atoms with van der Waals surface area (Å²) < 4.78 is 2.14. The van der Waals surface area contributed by atoms with Gasteiger partial charge in [0, 0.05) is 49.5 Å². The monoisotopic (exact) mass is 438 g/mol. The van der Waals surface area contributed by atoms with Crippen molar-refractivity contribution in [3.63, 3.8) is 0 Å². The number of anilines is 1. The average Bonchev–Trinajstić information content (AvgIpc) is 3.14. The molecule has 2 aliphatic rings. The minimum absolute atomic E-state index is 0.485. The Hall–Kier alpha value is -3.96. The quantitative estimate of drug-likeness (QED) is 0.381. The van der Waals surface area contributed by atoms with Gasteiger partial charge in [-0.1, -0.05) is 17.4 Å². The van der Waals surface area contributed by atoms with Crippen molar-refractivity contribution < 1.29 is 0 Å². The molecule has 2 aliphatic heterocycles. The molecule has 33 heavy (non-hydrogen) atoms. The highest BCUT2D eigenvalue weighted by atomic mass is 15.3. The summed E-state index contributed by atoms with van der Waals surface area (Å²) in [6.45, 7) is 3.94. The summed E-state index contributed by atoms with van der Waals surface area (Å²) in [6.07, 6.45) is 2.09. The van der Waals surface area contributed by atoms with Crippen molar-refractivity contribution >= 4 is 17.2 Å². The number of aromatic nitrogens is 1. The molecule has 0 bridgehead atoms. The third-order valence-corrected chi connectivity index (χ3v) is 6.20. The van der Waals surface area contributed by atoms with Crippen LogP contribution in [-0.2, 0) is 6.54 Å². The molecule has 0 saturated carbocycles. The van der Waals surface area contributed by atoms with Crippen molar-refractivity contribution in [1.29, 1.82) is 5.26 Å². The Labute approximate surface area is 193 Å². The Morgan fingerprint density at radius 2 is 1.91 bits per heavy atom. The standard InChI is InChI=1S/C25H26N8/c1-31(2)12-18-13-32(14-18)22-7-8-23-21(9-22)16-33-15-20(10-24(33)25(28-23)29-30-27)19-5-3-17(11-26)4-6-19/h3-10,15,18H,12-14,16H2,1-2H3,(H2,27,28,29). The molecular weight excluding hydrogens is 412 g/mol. The van der Waals surface area contributed by atoms with E-state index in [9.17, 15) is 0 Å². The van der Waals surface area contributed by atoms with E-state index in [-0.39, 0.29) is 0 Å². The number of nitrogens with zero attached hydrogens (tertiary/aromatic N) is 7. The number of nitrogens with two attached hydrogens (primary N) is 1. The molecule has 0 unspecified atom stereocenters. The smallest absolute Gasteiger partial charge is 0.200 e. The van der Waals surface area contributed by atoms with E-state index in [1.165, 1.54) is 5.69 Å². The second-order valence-electron chi connectivity index (χ2n) is 8.93. The molecule has 0 spiro atoms. The van der Waals surface area contributed by atoms with Gasteiger partial charge in [0.25, 0.3) is 0 Å². The molecule has 1 fully saturated rings. The van der Waals surface area contributed by atoms with Crippen LogP contribution in [-0.4, -0.2) is 49.0 Å². The molecule has 3 heterocycles. The molecule has 166 valence electrons. The highest BCUT2D eigenvalue weighted by molar-refractivity contribution is 6.01. The van der Waals surface area contributed by atoms with E-state index in [1.807, 2.05) is 30.3 Å². The highest BCUT2D eigenvalue weighted by Crippen LogP contribution is 2.34. The Kier molecular flexibility index (Phi) is 5.40. The molecule has 1 aromatic heterocycles. The number of fused-ring (bicyclic) bond motifs is 2. The Morgan fingerprint density at radius 3 is 2.61 bits per heavy atom. The Morgan fingerprint density at radius 1 is 1.12 bits per heavy atom. The SMILES string of the molecule is CN(C)CC1CN(c2ccc3c(c2)Cn2cc(-c4ccc(C#N)cc4)cc2C(N=NN)=N3)C1. The van der Waals surface area contributed by atoms with Crippen LogP contribution in [0.1, 0.15) is 16.8 Å². The van der Waals surface area contributed by atoms with Gasteiger partial charge in [-0.25, -0.2) is 4.99 Å². The predicted molar refractivity (Wildman–Crippen MR) is 130 cm³/mol. The second kappa shape index (κ2) is 8.52. The largest absolute Gasteiger partial charge is 0.371 e. The van der Waals surface area contributed by atoms with Gasteiger partial charge >= 0.3 is 0 Å². The van der Waals surface area contributed by atoms with Gasteiger partial charge in [0.1, 0.15) is 0 Å². The van der Waals surface area contributed by atoms with E-state index in [4.69, 9.17) is 16.1 Å². The second-order valence-corrected chi connectivity index (χ2v) is 8.93. The third-order valence-electron chi connectivity index (χ3n) is 6.20.